The maximum Gasteiger partial charge on any atom is 0.253 e. The van der Waals surface area contributed by atoms with Crippen LogP contribution in [0.3, 0.4) is 0 Å². The van der Waals surface area contributed by atoms with Crippen LogP contribution in [0.1, 0.15) is 35.7 Å². The lowest BCUT2D eigenvalue weighted by molar-refractivity contribution is -0.123. The third kappa shape index (κ3) is 3.54. The van der Waals surface area contributed by atoms with Gasteiger partial charge in [-0.1, -0.05) is 0 Å². The Morgan fingerprint density at radius 2 is 2.00 bits per heavy atom. The van der Waals surface area contributed by atoms with Crippen molar-refractivity contribution in [1.29, 1.82) is 0 Å². The van der Waals surface area contributed by atoms with E-state index in [1.54, 1.807) is 11.0 Å². The highest BCUT2D eigenvalue weighted by atomic mass is 16.5. The van der Waals surface area contributed by atoms with Gasteiger partial charge >= 0.3 is 0 Å². The highest BCUT2D eigenvalue weighted by molar-refractivity contribution is 5.94. The first-order valence-corrected chi connectivity index (χ1v) is 7.35. The molecule has 5 nitrogen and oxygen atoms in total. The van der Waals surface area contributed by atoms with E-state index in [0.717, 1.165) is 11.3 Å². The number of primary amides is 1. The van der Waals surface area contributed by atoms with E-state index in [2.05, 4.69) is 0 Å². The van der Waals surface area contributed by atoms with E-state index in [-0.39, 0.29) is 17.7 Å². The van der Waals surface area contributed by atoms with Crippen LogP contribution in [-0.4, -0.2) is 36.4 Å². The second kappa shape index (κ2) is 6.61. The van der Waals surface area contributed by atoms with Crippen LogP contribution in [0.15, 0.2) is 18.2 Å². The smallest absolute Gasteiger partial charge is 0.253 e. The van der Waals surface area contributed by atoms with E-state index < -0.39 is 0 Å². The Balaban J connectivity index is 2.04. The summed E-state index contributed by atoms with van der Waals surface area (Å²) in [7, 11) is 0. The number of hydrogen-bond acceptors (Lipinski definition) is 3. The fourth-order valence-corrected chi connectivity index (χ4v) is 2.65. The fourth-order valence-electron chi connectivity index (χ4n) is 2.65. The minimum atomic E-state index is -0.265. The SMILES string of the molecule is CCOc1ccc(C(=O)N2CCC(C(N)=O)CC2)cc1C. The monoisotopic (exact) mass is 290 g/mol. The second-order valence-electron chi connectivity index (χ2n) is 5.38. The number of rotatable bonds is 4. The van der Waals surface area contributed by atoms with Crippen LogP contribution in [0.5, 0.6) is 5.75 Å². The van der Waals surface area contributed by atoms with E-state index in [1.165, 1.54) is 0 Å². The molecule has 1 aliphatic rings. The molecule has 0 radical (unpaired) electrons. The number of piperidine rings is 1. The molecule has 1 aliphatic heterocycles. The fraction of sp³-hybridized carbons (Fsp3) is 0.500. The second-order valence-corrected chi connectivity index (χ2v) is 5.38. The summed E-state index contributed by atoms with van der Waals surface area (Å²) in [5, 5.41) is 0. The van der Waals surface area contributed by atoms with Crippen LogP contribution >= 0.6 is 0 Å². The van der Waals surface area contributed by atoms with Gasteiger partial charge in [-0.25, -0.2) is 0 Å². The summed E-state index contributed by atoms with van der Waals surface area (Å²) in [4.78, 5) is 25.4. The summed E-state index contributed by atoms with van der Waals surface area (Å²) in [6.45, 7) is 5.63. The van der Waals surface area contributed by atoms with Crippen molar-refractivity contribution >= 4 is 11.8 Å². The van der Waals surface area contributed by atoms with Crippen LogP contribution in [0.25, 0.3) is 0 Å². The number of nitrogens with zero attached hydrogens (tertiary/aromatic N) is 1. The third-order valence-electron chi connectivity index (χ3n) is 3.91. The van der Waals surface area contributed by atoms with Gasteiger partial charge in [-0.2, -0.15) is 0 Å². The number of benzene rings is 1. The summed E-state index contributed by atoms with van der Waals surface area (Å²) < 4.78 is 5.48. The topological polar surface area (TPSA) is 72.6 Å². The number of ether oxygens (including phenoxy) is 1. The van der Waals surface area contributed by atoms with Crippen LogP contribution in [-0.2, 0) is 4.79 Å². The lowest BCUT2D eigenvalue weighted by Crippen LogP contribution is -2.41. The van der Waals surface area contributed by atoms with E-state index in [1.807, 2.05) is 26.0 Å². The Morgan fingerprint density at radius 1 is 1.33 bits per heavy atom. The van der Waals surface area contributed by atoms with Gasteiger partial charge in [0.1, 0.15) is 5.75 Å². The summed E-state index contributed by atoms with van der Waals surface area (Å²) in [6.07, 6.45) is 1.30. The first-order chi connectivity index (χ1) is 10.0. The molecule has 2 rings (SSSR count). The van der Waals surface area contributed by atoms with Gasteiger partial charge in [0.15, 0.2) is 0 Å². The zero-order chi connectivity index (χ0) is 15.4. The molecule has 1 fully saturated rings. The van der Waals surface area contributed by atoms with Crippen molar-refractivity contribution < 1.29 is 14.3 Å². The van der Waals surface area contributed by atoms with Crippen LogP contribution < -0.4 is 10.5 Å². The number of carbonyl (C=O) groups is 2. The summed E-state index contributed by atoms with van der Waals surface area (Å²) in [5.41, 5.74) is 6.92. The number of aryl methyl sites for hydroxylation is 1. The molecule has 0 atom stereocenters. The van der Waals surface area contributed by atoms with Crippen LogP contribution in [0.2, 0.25) is 0 Å². The first kappa shape index (κ1) is 15.4. The number of nitrogens with two attached hydrogens (primary N) is 1. The quantitative estimate of drug-likeness (QED) is 0.918. The molecule has 0 aromatic heterocycles. The van der Waals surface area contributed by atoms with Gasteiger partial charge in [-0.05, 0) is 50.5 Å². The third-order valence-corrected chi connectivity index (χ3v) is 3.91. The van der Waals surface area contributed by atoms with Gasteiger partial charge in [0.25, 0.3) is 5.91 Å². The van der Waals surface area contributed by atoms with Crippen molar-refractivity contribution in [1.82, 2.24) is 4.90 Å². The van der Waals surface area contributed by atoms with Crippen molar-refractivity contribution in [2.24, 2.45) is 11.7 Å². The molecule has 1 aromatic carbocycles. The maximum atomic E-state index is 12.5. The lowest BCUT2D eigenvalue weighted by Gasteiger charge is -2.30. The zero-order valence-corrected chi connectivity index (χ0v) is 12.6. The van der Waals surface area contributed by atoms with Crippen molar-refractivity contribution in [2.45, 2.75) is 26.7 Å². The van der Waals surface area contributed by atoms with Crippen LogP contribution in [0.4, 0.5) is 0 Å². The molecule has 0 unspecified atom stereocenters. The predicted octanol–water partition coefficient (Wildman–Crippen LogP) is 1.73. The molecule has 5 heteroatoms. The molecule has 1 saturated heterocycles. The Bertz CT molecular complexity index is 534. The molecule has 0 saturated carbocycles. The average Bonchev–Trinajstić information content (AvgIpc) is 2.49. The Kier molecular flexibility index (Phi) is 4.83. The maximum absolute atomic E-state index is 12.5. The van der Waals surface area contributed by atoms with Crippen molar-refractivity contribution in [3.63, 3.8) is 0 Å². The van der Waals surface area contributed by atoms with Crippen molar-refractivity contribution in [3.8, 4) is 5.75 Å². The van der Waals surface area contributed by atoms with Gasteiger partial charge in [-0.15, -0.1) is 0 Å². The molecule has 0 spiro atoms. The summed E-state index contributed by atoms with van der Waals surface area (Å²) >= 11 is 0. The Labute approximate surface area is 125 Å². The molecular formula is C16H22N2O3. The molecule has 2 amide bonds. The lowest BCUT2D eigenvalue weighted by atomic mass is 9.95. The predicted molar refractivity (Wildman–Crippen MR) is 80.2 cm³/mol. The highest BCUT2D eigenvalue weighted by Gasteiger charge is 2.26. The molecule has 1 aromatic rings. The summed E-state index contributed by atoms with van der Waals surface area (Å²) in [5.74, 6) is 0.445. The first-order valence-electron chi connectivity index (χ1n) is 7.35. The minimum absolute atomic E-state index is 0.00377. The standard InChI is InChI=1S/C16H22N2O3/c1-3-21-14-5-4-13(10-11(14)2)16(20)18-8-6-12(7-9-18)15(17)19/h4-5,10,12H,3,6-9H2,1-2H3,(H2,17,19). The normalized spacial score (nSPS) is 15.8. The number of carbonyl (C=O) groups excluding carboxylic acids is 2. The van der Waals surface area contributed by atoms with Gasteiger partial charge in [0, 0.05) is 24.6 Å². The largest absolute Gasteiger partial charge is 0.494 e. The molecule has 114 valence electrons. The average molecular weight is 290 g/mol. The molecule has 0 aliphatic carbocycles. The van der Waals surface area contributed by atoms with Crippen molar-refractivity contribution in [2.75, 3.05) is 19.7 Å². The highest BCUT2D eigenvalue weighted by Crippen LogP contribution is 2.22. The van der Waals surface area contributed by atoms with E-state index in [4.69, 9.17) is 10.5 Å². The van der Waals surface area contributed by atoms with Crippen molar-refractivity contribution in [3.05, 3.63) is 29.3 Å². The van der Waals surface area contributed by atoms with E-state index >= 15 is 0 Å². The number of amides is 2. The Hall–Kier alpha value is -2.04. The molecule has 2 N–H and O–H groups in total. The summed E-state index contributed by atoms with van der Waals surface area (Å²) in [6, 6.07) is 5.48. The number of hydrogen-bond donors (Lipinski definition) is 1. The molecule has 21 heavy (non-hydrogen) atoms. The number of likely N-dealkylation sites (tertiary alicyclic amines) is 1. The zero-order valence-electron chi connectivity index (χ0n) is 12.6. The molecule has 0 bridgehead atoms. The van der Waals surface area contributed by atoms with Gasteiger partial charge in [-0.3, -0.25) is 9.59 Å². The van der Waals surface area contributed by atoms with Gasteiger partial charge in [0.05, 0.1) is 6.61 Å². The van der Waals surface area contributed by atoms with Gasteiger partial charge in [0.2, 0.25) is 5.91 Å². The van der Waals surface area contributed by atoms with E-state index in [9.17, 15) is 9.59 Å². The molecule has 1 heterocycles. The molecular weight excluding hydrogens is 268 g/mol. The van der Waals surface area contributed by atoms with Crippen LogP contribution in [0, 0.1) is 12.8 Å². The Morgan fingerprint density at radius 3 is 2.52 bits per heavy atom. The van der Waals surface area contributed by atoms with Gasteiger partial charge < -0.3 is 15.4 Å². The minimum Gasteiger partial charge on any atom is -0.494 e. The van der Waals surface area contributed by atoms with E-state index in [0.29, 0.717) is 38.1 Å².